The summed E-state index contributed by atoms with van der Waals surface area (Å²) in [7, 11) is 0. The van der Waals surface area contributed by atoms with E-state index in [-0.39, 0.29) is 17.1 Å². The van der Waals surface area contributed by atoms with Gasteiger partial charge in [0, 0.05) is 5.41 Å². The third-order valence-corrected chi connectivity index (χ3v) is 8.15. The van der Waals surface area contributed by atoms with E-state index in [0.29, 0.717) is 17.9 Å². The fourth-order valence-corrected chi connectivity index (χ4v) is 7.37. The predicted octanol–water partition coefficient (Wildman–Crippen LogP) is 5.49. The van der Waals surface area contributed by atoms with Crippen LogP contribution in [0.3, 0.4) is 0 Å². The molecule has 4 rings (SSSR count). The van der Waals surface area contributed by atoms with Crippen molar-refractivity contribution in [3.05, 3.63) is 11.6 Å². The van der Waals surface area contributed by atoms with Crippen LogP contribution >= 0.6 is 0 Å². The highest BCUT2D eigenvalue weighted by molar-refractivity contribution is 5.20. The Morgan fingerprint density at radius 1 is 1.20 bits per heavy atom. The Bertz CT molecular complexity index is 531. The highest BCUT2D eigenvalue weighted by atomic mass is 16.5. The maximum atomic E-state index is 11.3. The normalized spacial score (nSPS) is 46.8. The second-order valence-corrected chi connectivity index (χ2v) is 10.4. The molecule has 0 heterocycles. The standard InChI is InChI=1S/C23H38O2/c1-5-23-14-19(24)21-16-9-7-6-8-15(16)10-11-17(21)18(23)12-13-20(23)25-22(2,3)4/h8,16-21,24H,5-7,9-14H2,1-4H3/t16-,17-,18-,19+,20-,21+,23-/m0/s1. The highest BCUT2D eigenvalue weighted by Crippen LogP contribution is 2.64. The average Bonchev–Trinajstić information content (AvgIpc) is 2.91. The molecule has 25 heavy (non-hydrogen) atoms. The van der Waals surface area contributed by atoms with Crippen molar-refractivity contribution in [3.63, 3.8) is 0 Å². The Morgan fingerprint density at radius 2 is 2.00 bits per heavy atom. The fourth-order valence-electron chi connectivity index (χ4n) is 7.37. The number of allylic oxidation sites excluding steroid dienone is 2. The molecule has 0 unspecified atom stereocenters. The number of fused-ring (bicyclic) bond motifs is 5. The van der Waals surface area contributed by atoms with Gasteiger partial charge >= 0.3 is 0 Å². The van der Waals surface area contributed by atoms with Crippen molar-refractivity contribution < 1.29 is 9.84 Å². The number of ether oxygens (including phenoxy) is 1. The predicted molar refractivity (Wildman–Crippen MR) is 102 cm³/mol. The molecule has 0 aromatic carbocycles. The summed E-state index contributed by atoms with van der Waals surface area (Å²) < 4.78 is 6.57. The van der Waals surface area contributed by atoms with Gasteiger partial charge in [-0.1, -0.05) is 18.6 Å². The smallest absolute Gasteiger partial charge is 0.0642 e. The van der Waals surface area contributed by atoms with Crippen LogP contribution in [0, 0.1) is 29.1 Å². The van der Waals surface area contributed by atoms with E-state index in [9.17, 15) is 5.11 Å². The molecule has 4 aliphatic rings. The molecule has 4 aliphatic carbocycles. The van der Waals surface area contributed by atoms with Gasteiger partial charge in [0.25, 0.3) is 0 Å². The van der Waals surface area contributed by atoms with Crippen LogP contribution in [0.4, 0.5) is 0 Å². The zero-order chi connectivity index (χ0) is 17.8. The molecule has 1 N–H and O–H groups in total. The number of aliphatic hydroxyl groups excluding tert-OH is 1. The van der Waals surface area contributed by atoms with E-state index >= 15 is 0 Å². The monoisotopic (exact) mass is 346 g/mol. The van der Waals surface area contributed by atoms with Gasteiger partial charge in [-0.25, -0.2) is 0 Å². The topological polar surface area (TPSA) is 29.5 Å². The summed E-state index contributed by atoms with van der Waals surface area (Å²) in [5.74, 6) is 2.69. The Morgan fingerprint density at radius 3 is 2.72 bits per heavy atom. The van der Waals surface area contributed by atoms with Crippen molar-refractivity contribution in [2.24, 2.45) is 29.1 Å². The largest absolute Gasteiger partial charge is 0.393 e. The first-order valence-electron chi connectivity index (χ1n) is 10.9. The fraction of sp³-hybridized carbons (Fsp3) is 0.913. The first kappa shape index (κ1) is 18.0. The Kier molecular flexibility index (Phi) is 4.60. The van der Waals surface area contributed by atoms with Crippen molar-refractivity contribution in [2.75, 3.05) is 0 Å². The van der Waals surface area contributed by atoms with Crippen LogP contribution in [-0.4, -0.2) is 22.9 Å². The summed E-state index contributed by atoms with van der Waals surface area (Å²) in [4.78, 5) is 0. The molecule has 0 bridgehead atoms. The molecule has 0 aromatic heterocycles. The molecular weight excluding hydrogens is 308 g/mol. The molecule has 0 radical (unpaired) electrons. The van der Waals surface area contributed by atoms with Gasteiger partial charge in [-0.15, -0.1) is 0 Å². The number of hydrogen-bond donors (Lipinski definition) is 1. The summed E-state index contributed by atoms with van der Waals surface area (Å²) in [6, 6.07) is 0. The van der Waals surface area contributed by atoms with Crippen molar-refractivity contribution in [1.29, 1.82) is 0 Å². The molecule has 0 spiro atoms. The van der Waals surface area contributed by atoms with Crippen LogP contribution in [0.15, 0.2) is 11.6 Å². The molecular formula is C23H38O2. The van der Waals surface area contributed by atoms with Crippen molar-refractivity contribution in [1.82, 2.24) is 0 Å². The van der Waals surface area contributed by atoms with Crippen molar-refractivity contribution in [2.45, 2.75) is 103 Å². The quantitative estimate of drug-likeness (QED) is 0.670. The molecule has 3 fully saturated rings. The molecule has 0 aliphatic heterocycles. The van der Waals surface area contributed by atoms with E-state index in [2.05, 4.69) is 33.8 Å². The first-order chi connectivity index (χ1) is 11.9. The van der Waals surface area contributed by atoms with Crippen LogP contribution in [0.1, 0.15) is 85.5 Å². The second-order valence-electron chi connectivity index (χ2n) is 10.4. The zero-order valence-electron chi connectivity index (χ0n) is 16.8. The summed E-state index contributed by atoms with van der Waals surface area (Å²) in [5.41, 5.74) is 1.81. The lowest BCUT2D eigenvalue weighted by atomic mass is 9.50. The Labute approximate surface area is 154 Å². The van der Waals surface area contributed by atoms with Gasteiger partial charge < -0.3 is 9.84 Å². The maximum Gasteiger partial charge on any atom is 0.0642 e. The molecule has 3 saturated carbocycles. The highest BCUT2D eigenvalue weighted by Gasteiger charge is 2.61. The molecule has 0 aromatic rings. The van der Waals surface area contributed by atoms with Gasteiger partial charge in [-0.2, -0.15) is 0 Å². The van der Waals surface area contributed by atoms with Crippen LogP contribution in [0.25, 0.3) is 0 Å². The first-order valence-corrected chi connectivity index (χ1v) is 10.9. The lowest BCUT2D eigenvalue weighted by molar-refractivity contribution is -0.169. The number of aliphatic hydroxyl groups is 1. The minimum absolute atomic E-state index is 0.0879. The lowest BCUT2D eigenvalue weighted by Gasteiger charge is -2.57. The summed E-state index contributed by atoms with van der Waals surface area (Å²) >= 11 is 0. The van der Waals surface area contributed by atoms with Crippen LogP contribution in [0.2, 0.25) is 0 Å². The van der Waals surface area contributed by atoms with Crippen molar-refractivity contribution >= 4 is 0 Å². The summed E-state index contributed by atoms with van der Waals surface area (Å²) in [6.45, 7) is 8.90. The van der Waals surface area contributed by atoms with Crippen molar-refractivity contribution in [3.8, 4) is 0 Å². The van der Waals surface area contributed by atoms with Gasteiger partial charge in [-0.05, 0) is 102 Å². The second kappa shape index (κ2) is 6.37. The number of hydrogen-bond acceptors (Lipinski definition) is 2. The Hall–Kier alpha value is -0.340. The molecule has 7 atom stereocenters. The molecule has 2 heteroatoms. The third kappa shape index (κ3) is 2.92. The zero-order valence-corrected chi connectivity index (χ0v) is 16.8. The van der Waals surface area contributed by atoms with Crippen LogP contribution in [0.5, 0.6) is 0 Å². The summed E-state index contributed by atoms with van der Waals surface area (Å²) in [6.07, 6.45) is 13.9. The molecule has 142 valence electrons. The maximum absolute atomic E-state index is 11.3. The minimum Gasteiger partial charge on any atom is -0.393 e. The van der Waals surface area contributed by atoms with Gasteiger partial charge in [-0.3, -0.25) is 0 Å². The van der Waals surface area contributed by atoms with Crippen LogP contribution < -0.4 is 0 Å². The van der Waals surface area contributed by atoms with Gasteiger partial charge in [0.15, 0.2) is 0 Å². The SMILES string of the molecule is CC[C@]12C[C@@H](O)[C@H]3[C@@H](CCC4=CCCC[C@@H]43)[C@@H]1CC[C@@H]2OC(C)(C)C. The average molecular weight is 347 g/mol. The van der Waals surface area contributed by atoms with E-state index in [4.69, 9.17) is 4.74 Å². The minimum atomic E-state index is -0.128. The number of rotatable bonds is 2. The van der Waals surface area contributed by atoms with Crippen LogP contribution in [-0.2, 0) is 4.74 Å². The summed E-state index contributed by atoms with van der Waals surface area (Å²) in [5, 5.41) is 11.3. The van der Waals surface area contributed by atoms with Gasteiger partial charge in [0.2, 0.25) is 0 Å². The van der Waals surface area contributed by atoms with E-state index in [1.54, 1.807) is 5.57 Å². The lowest BCUT2D eigenvalue weighted by Crippen LogP contribution is -2.55. The van der Waals surface area contributed by atoms with E-state index < -0.39 is 0 Å². The van der Waals surface area contributed by atoms with Gasteiger partial charge in [0.1, 0.15) is 0 Å². The Balaban J connectivity index is 1.64. The molecule has 2 nitrogen and oxygen atoms in total. The third-order valence-electron chi connectivity index (χ3n) is 8.15. The molecule has 0 amide bonds. The molecule has 0 saturated heterocycles. The van der Waals surface area contributed by atoms with Gasteiger partial charge in [0.05, 0.1) is 17.8 Å². The van der Waals surface area contributed by atoms with E-state index in [1.165, 1.54) is 44.9 Å². The van der Waals surface area contributed by atoms with E-state index in [1.807, 2.05) is 0 Å². The van der Waals surface area contributed by atoms with E-state index in [0.717, 1.165) is 24.7 Å².